The van der Waals surface area contributed by atoms with Crippen LogP contribution >= 0.6 is 22.6 Å². The summed E-state index contributed by atoms with van der Waals surface area (Å²) in [6.07, 6.45) is 4.67. The third-order valence-corrected chi connectivity index (χ3v) is 4.37. The van der Waals surface area contributed by atoms with Crippen LogP contribution in [0.25, 0.3) is 0 Å². The molecular weight excluding hydrogens is 433 g/mol. The molecular formula is C19H16INO4. The molecule has 1 amide bonds. The highest BCUT2D eigenvalue weighted by atomic mass is 127. The van der Waals surface area contributed by atoms with Gasteiger partial charge in [0, 0.05) is 5.56 Å². The molecule has 1 N–H and O–H groups in total. The third-order valence-electron chi connectivity index (χ3n) is 3.57. The summed E-state index contributed by atoms with van der Waals surface area (Å²) in [5.41, 5.74) is 1.29. The standard InChI is InChI=1S/C19H16INO4/c1-3-9-24-17-14(20)10-12(11-16(17)23-4-2)19-21-18(22)13-7-5-6-8-15(13)25-19/h1,5-8,10-11,19H,4,9H2,2H3,(H,21,22)/t19-/m0/s1. The average Bonchev–Trinajstić information content (AvgIpc) is 2.61. The van der Waals surface area contributed by atoms with E-state index in [9.17, 15) is 4.79 Å². The molecule has 128 valence electrons. The molecule has 0 saturated heterocycles. The zero-order chi connectivity index (χ0) is 17.8. The molecule has 0 spiro atoms. The maximum atomic E-state index is 12.3. The van der Waals surface area contributed by atoms with Crippen LogP contribution in [-0.4, -0.2) is 19.1 Å². The fourth-order valence-electron chi connectivity index (χ4n) is 2.52. The lowest BCUT2D eigenvalue weighted by atomic mass is 10.1. The van der Waals surface area contributed by atoms with E-state index in [2.05, 4.69) is 33.8 Å². The van der Waals surface area contributed by atoms with Crippen molar-refractivity contribution in [3.8, 4) is 29.6 Å². The van der Waals surface area contributed by atoms with Gasteiger partial charge in [0.25, 0.3) is 5.91 Å². The van der Waals surface area contributed by atoms with Crippen LogP contribution in [0.3, 0.4) is 0 Å². The Balaban J connectivity index is 1.95. The summed E-state index contributed by atoms with van der Waals surface area (Å²) < 4.78 is 18.0. The van der Waals surface area contributed by atoms with Crippen LogP contribution < -0.4 is 19.5 Å². The van der Waals surface area contributed by atoms with Gasteiger partial charge in [-0.25, -0.2) is 0 Å². The first-order valence-corrected chi connectivity index (χ1v) is 8.81. The molecule has 1 atom stereocenters. The first-order chi connectivity index (χ1) is 12.1. The molecule has 6 heteroatoms. The van der Waals surface area contributed by atoms with E-state index in [1.807, 2.05) is 19.1 Å². The molecule has 1 aliphatic rings. The Kier molecular flexibility index (Phi) is 5.34. The van der Waals surface area contributed by atoms with Gasteiger partial charge in [-0.15, -0.1) is 6.42 Å². The van der Waals surface area contributed by atoms with Crippen LogP contribution in [0.4, 0.5) is 0 Å². The van der Waals surface area contributed by atoms with Gasteiger partial charge in [-0.3, -0.25) is 4.79 Å². The van der Waals surface area contributed by atoms with Crippen LogP contribution in [0.15, 0.2) is 36.4 Å². The van der Waals surface area contributed by atoms with Crippen molar-refractivity contribution in [1.29, 1.82) is 0 Å². The number of rotatable bonds is 5. The van der Waals surface area contributed by atoms with Crippen LogP contribution in [0.2, 0.25) is 0 Å². The fourth-order valence-corrected chi connectivity index (χ4v) is 3.30. The predicted octanol–water partition coefficient (Wildman–Crippen LogP) is 3.52. The summed E-state index contributed by atoms with van der Waals surface area (Å²) in [7, 11) is 0. The molecule has 5 nitrogen and oxygen atoms in total. The van der Waals surface area contributed by atoms with Crippen LogP contribution in [0.5, 0.6) is 17.2 Å². The first kappa shape index (κ1) is 17.4. The number of hydrogen-bond donors (Lipinski definition) is 1. The van der Waals surface area contributed by atoms with Crippen molar-refractivity contribution in [2.24, 2.45) is 0 Å². The fraction of sp³-hybridized carbons (Fsp3) is 0.211. The lowest BCUT2D eigenvalue weighted by Crippen LogP contribution is -2.36. The van der Waals surface area contributed by atoms with Crippen LogP contribution in [0, 0.1) is 15.9 Å². The smallest absolute Gasteiger partial charge is 0.258 e. The molecule has 2 aromatic rings. The monoisotopic (exact) mass is 449 g/mol. The summed E-state index contributed by atoms with van der Waals surface area (Å²) in [6, 6.07) is 10.8. The van der Waals surface area contributed by atoms with Crippen LogP contribution in [-0.2, 0) is 0 Å². The Bertz CT molecular complexity index is 844. The SMILES string of the molecule is C#CCOc1c(I)cc([C@H]2NC(=O)c3ccccc3O2)cc1OCC. The molecule has 0 saturated carbocycles. The summed E-state index contributed by atoms with van der Waals surface area (Å²) in [6.45, 7) is 2.52. The molecule has 0 unspecified atom stereocenters. The Morgan fingerprint density at radius 3 is 2.88 bits per heavy atom. The quantitative estimate of drug-likeness (QED) is 0.561. The van der Waals surface area contributed by atoms with Crippen molar-refractivity contribution in [1.82, 2.24) is 5.32 Å². The number of amides is 1. The molecule has 2 aromatic carbocycles. The normalized spacial score (nSPS) is 15.4. The molecule has 1 heterocycles. The number of benzene rings is 2. The molecule has 0 bridgehead atoms. The minimum atomic E-state index is -0.600. The maximum absolute atomic E-state index is 12.3. The Morgan fingerprint density at radius 1 is 1.32 bits per heavy atom. The van der Waals surface area contributed by atoms with Gasteiger partial charge in [0.15, 0.2) is 17.7 Å². The number of carbonyl (C=O) groups excluding carboxylic acids is 1. The number of fused-ring (bicyclic) bond motifs is 1. The average molecular weight is 449 g/mol. The Hall–Kier alpha value is -2.40. The molecule has 1 aliphatic heterocycles. The number of nitrogens with one attached hydrogen (secondary N) is 1. The highest BCUT2D eigenvalue weighted by molar-refractivity contribution is 14.1. The Labute approximate surface area is 159 Å². The van der Waals surface area contributed by atoms with Crippen molar-refractivity contribution in [3.05, 3.63) is 51.1 Å². The van der Waals surface area contributed by atoms with E-state index in [1.165, 1.54) is 0 Å². The van der Waals surface area contributed by atoms with Crippen molar-refractivity contribution in [2.75, 3.05) is 13.2 Å². The van der Waals surface area contributed by atoms with Crippen molar-refractivity contribution < 1.29 is 19.0 Å². The molecule has 25 heavy (non-hydrogen) atoms. The second-order valence-corrected chi connectivity index (χ2v) is 6.39. The van der Waals surface area contributed by atoms with E-state index in [0.29, 0.717) is 29.4 Å². The first-order valence-electron chi connectivity index (χ1n) is 7.73. The van der Waals surface area contributed by atoms with Gasteiger partial charge in [-0.2, -0.15) is 0 Å². The lowest BCUT2D eigenvalue weighted by Gasteiger charge is -2.27. The number of ether oxygens (including phenoxy) is 3. The zero-order valence-corrected chi connectivity index (χ0v) is 15.7. The molecule has 0 aromatic heterocycles. The number of carbonyl (C=O) groups is 1. The minimum absolute atomic E-state index is 0.152. The molecule has 0 radical (unpaired) electrons. The third kappa shape index (κ3) is 3.66. The van der Waals surface area contributed by atoms with Crippen molar-refractivity contribution in [3.63, 3.8) is 0 Å². The van der Waals surface area contributed by atoms with Crippen molar-refractivity contribution >= 4 is 28.5 Å². The largest absolute Gasteiger partial charge is 0.490 e. The van der Waals surface area contributed by atoms with E-state index >= 15 is 0 Å². The van der Waals surface area contributed by atoms with E-state index in [-0.39, 0.29) is 12.5 Å². The van der Waals surface area contributed by atoms with Gasteiger partial charge in [0.2, 0.25) is 0 Å². The zero-order valence-electron chi connectivity index (χ0n) is 13.5. The van der Waals surface area contributed by atoms with Gasteiger partial charge in [-0.05, 0) is 53.8 Å². The van der Waals surface area contributed by atoms with E-state index in [1.54, 1.807) is 24.3 Å². The summed E-state index contributed by atoms with van der Waals surface area (Å²) in [5.74, 6) is 3.98. The van der Waals surface area contributed by atoms with Gasteiger partial charge in [-0.1, -0.05) is 18.1 Å². The van der Waals surface area contributed by atoms with E-state index in [4.69, 9.17) is 20.6 Å². The van der Waals surface area contributed by atoms with Crippen molar-refractivity contribution in [2.45, 2.75) is 13.2 Å². The molecule has 3 rings (SSSR count). The van der Waals surface area contributed by atoms with E-state index in [0.717, 1.165) is 9.13 Å². The number of para-hydroxylation sites is 1. The van der Waals surface area contributed by atoms with Gasteiger partial charge >= 0.3 is 0 Å². The van der Waals surface area contributed by atoms with Gasteiger partial charge in [0.1, 0.15) is 12.4 Å². The summed E-state index contributed by atoms with van der Waals surface area (Å²) in [5, 5.41) is 2.85. The maximum Gasteiger partial charge on any atom is 0.258 e. The summed E-state index contributed by atoms with van der Waals surface area (Å²) in [4.78, 5) is 12.3. The highest BCUT2D eigenvalue weighted by Gasteiger charge is 2.27. The van der Waals surface area contributed by atoms with Crippen LogP contribution in [0.1, 0.15) is 29.1 Å². The predicted molar refractivity (Wildman–Crippen MR) is 102 cm³/mol. The molecule has 0 fully saturated rings. The lowest BCUT2D eigenvalue weighted by molar-refractivity contribution is 0.0755. The summed E-state index contributed by atoms with van der Waals surface area (Å²) >= 11 is 2.15. The van der Waals surface area contributed by atoms with E-state index < -0.39 is 6.23 Å². The minimum Gasteiger partial charge on any atom is -0.490 e. The second kappa shape index (κ2) is 7.66. The number of hydrogen-bond acceptors (Lipinski definition) is 4. The second-order valence-electron chi connectivity index (χ2n) is 5.22. The molecule has 0 aliphatic carbocycles. The Morgan fingerprint density at radius 2 is 2.12 bits per heavy atom. The topological polar surface area (TPSA) is 56.8 Å². The van der Waals surface area contributed by atoms with Gasteiger partial charge < -0.3 is 19.5 Å². The van der Waals surface area contributed by atoms with Gasteiger partial charge in [0.05, 0.1) is 15.7 Å². The number of halogens is 1. The number of terminal acetylenes is 1. The highest BCUT2D eigenvalue weighted by Crippen LogP contribution is 2.37.